The highest BCUT2D eigenvalue weighted by Crippen LogP contribution is 2.26. The SMILES string of the molecule is O=C(OCc1ccccc1)N1CCC[C@H]([C@H](CCO)NC2CC2)C1. The molecule has 0 radical (unpaired) electrons. The smallest absolute Gasteiger partial charge is 0.410 e. The summed E-state index contributed by atoms with van der Waals surface area (Å²) in [5.74, 6) is 0.399. The highest BCUT2D eigenvalue weighted by molar-refractivity contribution is 5.67. The summed E-state index contributed by atoms with van der Waals surface area (Å²) in [7, 11) is 0. The van der Waals surface area contributed by atoms with Crippen molar-refractivity contribution >= 4 is 6.09 Å². The molecule has 5 nitrogen and oxygen atoms in total. The van der Waals surface area contributed by atoms with Gasteiger partial charge in [0.05, 0.1) is 0 Å². The molecule has 0 unspecified atom stereocenters. The molecule has 1 saturated heterocycles. The Morgan fingerprint density at radius 3 is 2.79 bits per heavy atom. The van der Waals surface area contributed by atoms with E-state index in [4.69, 9.17) is 4.74 Å². The molecule has 0 aromatic heterocycles. The zero-order chi connectivity index (χ0) is 16.8. The van der Waals surface area contributed by atoms with Crippen LogP contribution in [0.3, 0.4) is 0 Å². The van der Waals surface area contributed by atoms with Crippen molar-refractivity contribution in [1.29, 1.82) is 0 Å². The Morgan fingerprint density at radius 2 is 2.08 bits per heavy atom. The minimum absolute atomic E-state index is 0.194. The van der Waals surface area contributed by atoms with Gasteiger partial charge in [-0.3, -0.25) is 0 Å². The van der Waals surface area contributed by atoms with Gasteiger partial charge in [-0.1, -0.05) is 30.3 Å². The van der Waals surface area contributed by atoms with Gasteiger partial charge < -0.3 is 20.1 Å². The van der Waals surface area contributed by atoms with Gasteiger partial charge in [0.25, 0.3) is 0 Å². The lowest BCUT2D eigenvalue weighted by molar-refractivity contribution is 0.0711. The molecule has 0 spiro atoms. The highest BCUT2D eigenvalue weighted by Gasteiger charge is 2.33. The second-order valence-electron chi connectivity index (χ2n) is 6.95. The molecule has 2 N–H and O–H groups in total. The number of hydrogen-bond donors (Lipinski definition) is 2. The fourth-order valence-electron chi connectivity index (χ4n) is 3.46. The molecule has 1 saturated carbocycles. The summed E-state index contributed by atoms with van der Waals surface area (Å²) >= 11 is 0. The number of carbonyl (C=O) groups excluding carboxylic acids is 1. The van der Waals surface area contributed by atoms with E-state index in [1.165, 1.54) is 12.8 Å². The van der Waals surface area contributed by atoms with Crippen LogP contribution in [0.25, 0.3) is 0 Å². The zero-order valence-corrected chi connectivity index (χ0v) is 14.2. The molecule has 2 atom stereocenters. The maximum atomic E-state index is 12.4. The van der Waals surface area contributed by atoms with Crippen LogP contribution in [0.15, 0.2) is 30.3 Å². The summed E-state index contributed by atoms with van der Waals surface area (Å²) in [6, 6.07) is 10.7. The first-order chi connectivity index (χ1) is 11.8. The van der Waals surface area contributed by atoms with Gasteiger partial charge in [0.1, 0.15) is 6.61 Å². The average Bonchev–Trinajstić information content (AvgIpc) is 3.44. The molecule has 1 aromatic rings. The van der Waals surface area contributed by atoms with Crippen LogP contribution in [0.1, 0.15) is 37.7 Å². The number of carbonyl (C=O) groups is 1. The van der Waals surface area contributed by atoms with Gasteiger partial charge in [-0.05, 0) is 43.6 Å². The van der Waals surface area contributed by atoms with E-state index in [1.807, 2.05) is 35.2 Å². The maximum absolute atomic E-state index is 12.4. The predicted molar refractivity (Wildman–Crippen MR) is 92.6 cm³/mol. The van der Waals surface area contributed by atoms with E-state index in [0.717, 1.165) is 37.9 Å². The van der Waals surface area contributed by atoms with Crippen molar-refractivity contribution in [3.8, 4) is 0 Å². The van der Waals surface area contributed by atoms with Crippen LogP contribution in [0.2, 0.25) is 0 Å². The fraction of sp³-hybridized carbons (Fsp3) is 0.632. The molecule has 2 aliphatic rings. The Bertz CT molecular complexity index is 519. The van der Waals surface area contributed by atoms with Crippen LogP contribution in [0, 0.1) is 5.92 Å². The molecular formula is C19H28N2O3. The highest BCUT2D eigenvalue weighted by atomic mass is 16.6. The van der Waals surface area contributed by atoms with E-state index in [-0.39, 0.29) is 12.7 Å². The number of nitrogens with one attached hydrogen (secondary N) is 1. The third kappa shape index (κ3) is 4.95. The van der Waals surface area contributed by atoms with E-state index in [2.05, 4.69) is 5.32 Å². The van der Waals surface area contributed by atoms with Crippen molar-refractivity contribution in [3.05, 3.63) is 35.9 Å². The van der Waals surface area contributed by atoms with Crippen LogP contribution < -0.4 is 5.32 Å². The number of likely N-dealkylation sites (tertiary alicyclic amines) is 1. The monoisotopic (exact) mass is 332 g/mol. The van der Waals surface area contributed by atoms with Crippen LogP contribution in [-0.2, 0) is 11.3 Å². The summed E-state index contributed by atoms with van der Waals surface area (Å²) in [5.41, 5.74) is 1.01. The van der Waals surface area contributed by atoms with E-state index in [0.29, 0.717) is 24.6 Å². The van der Waals surface area contributed by atoms with Gasteiger partial charge in [-0.15, -0.1) is 0 Å². The van der Waals surface area contributed by atoms with Gasteiger partial charge in [0.15, 0.2) is 0 Å². The van der Waals surface area contributed by atoms with Gasteiger partial charge in [-0.25, -0.2) is 4.79 Å². The molecule has 1 aromatic carbocycles. The first kappa shape index (κ1) is 17.2. The fourth-order valence-corrected chi connectivity index (χ4v) is 3.46. The molecule has 1 amide bonds. The minimum atomic E-state index is -0.224. The molecule has 0 bridgehead atoms. The van der Waals surface area contributed by atoms with Crippen molar-refractivity contribution in [2.24, 2.45) is 5.92 Å². The van der Waals surface area contributed by atoms with Gasteiger partial charge in [0.2, 0.25) is 0 Å². The molecule has 132 valence electrons. The van der Waals surface area contributed by atoms with Gasteiger partial charge in [-0.2, -0.15) is 0 Å². The lowest BCUT2D eigenvalue weighted by Gasteiger charge is -2.36. The largest absolute Gasteiger partial charge is 0.445 e. The maximum Gasteiger partial charge on any atom is 0.410 e. The van der Waals surface area contributed by atoms with Gasteiger partial charge >= 0.3 is 6.09 Å². The molecule has 1 aliphatic heterocycles. The molecule has 1 heterocycles. The number of ether oxygens (including phenoxy) is 1. The number of rotatable bonds is 7. The normalized spacial score (nSPS) is 22.2. The third-order valence-corrected chi connectivity index (χ3v) is 4.96. The Morgan fingerprint density at radius 1 is 1.29 bits per heavy atom. The number of aliphatic hydroxyl groups is 1. The number of benzene rings is 1. The Hall–Kier alpha value is -1.59. The van der Waals surface area contributed by atoms with Crippen LogP contribution in [0.5, 0.6) is 0 Å². The second kappa shape index (κ2) is 8.49. The Kier molecular flexibility index (Phi) is 6.10. The number of hydrogen-bond acceptors (Lipinski definition) is 4. The minimum Gasteiger partial charge on any atom is -0.445 e. The van der Waals surface area contributed by atoms with Crippen molar-refractivity contribution in [2.75, 3.05) is 19.7 Å². The Labute approximate surface area is 144 Å². The number of nitrogens with zero attached hydrogens (tertiary/aromatic N) is 1. The number of piperidine rings is 1. The van der Waals surface area contributed by atoms with Crippen molar-refractivity contribution in [2.45, 2.75) is 50.8 Å². The van der Waals surface area contributed by atoms with Crippen LogP contribution >= 0.6 is 0 Å². The third-order valence-electron chi connectivity index (χ3n) is 4.96. The van der Waals surface area contributed by atoms with Crippen molar-refractivity contribution < 1.29 is 14.6 Å². The number of amides is 1. The molecular weight excluding hydrogens is 304 g/mol. The average molecular weight is 332 g/mol. The topological polar surface area (TPSA) is 61.8 Å². The summed E-state index contributed by atoms with van der Waals surface area (Å²) in [5, 5.41) is 13.0. The van der Waals surface area contributed by atoms with Crippen molar-refractivity contribution in [3.63, 3.8) is 0 Å². The van der Waals surface area contributed by atoms with Crippen molar-refractivity contribution in [1.82, 2.24) is 10.2 Å². The zero-order valence-electron chi connectivity index (χ0n) is 14.2. The first-order valence-electron chi connectivity index (χ1n) is 9.09. The lowest BCUT2D eigenvalue weighted by Crippen LogP contribution is -2.48. The molecule has 3 rings (SSSR count). The standard InChI is InChI=1S/C19H28N2O3/c22-12-10-18(20-17-8-9-17)16-7-4-11-21(13-16)19(23)24-14-15-5-2-1-3-6-15/h1-3,5-6,16-18,20,22H,4,7-14H2/t16-,18-/m0/s1. The number of aliphatic hydroxyl groups excluding tert-OH is 1. The summed E-state index contributed by atoms with van der Waals surface area (Å²) in [6.45, 7) is 2.00. The molecule has 2 fully saturated rings. The van der Waals surface area contributed by atoms with E-state index in [9.17, 15) is 9.90 Å². The van der Waals surface area contributed by atoms with Gasteiger partial charge in [0, 0.05) is 31.8 Å². The second-order valence-corrected chi connectivity index (χ2v) is 6.95. The lowest BCUT2D eigenvalue weighted by atomic mass is 9.89. The van der Waals surface area contributed by atoms with E-state index < -0.39 is 0 Å². The molecule has 24 heavy (non-hydrogen) atoms. The van der Waals surface area contributed by atoms with Crippen LogP contribution in [0.4, 0.5) is 4.79 Å². The Balaban J connectivity index is 1.50. The molecule has 1 aliphatic carbocycles. The summed E-state index contributed by atoms with van der Waals surface area (Å²) in [4.78, 5) is 14.2. The quantitative estimate of drug-likeness (QED) is 0.805. The van der Waals surface area contributed by atoms with Crippen LogP contribution in [-0.4, -0.2) is 47.9 Å². The van der Waals surface area contributed by atoms with E-state index in [1.54, 1.807) is 0 Å². The molecule has 5 heteroatoms. The summed E-state index contributed by atoms with van der Waals surface area (Å²) in [6.07, 6.45) is 5.10. The first-order valence-corrected chi connectivity index (χ1v) is 9.09. The summed E-state index contributed by atoms with van der Waals surface area (Å²) < 4.78 is 5.47. The predicted octanol–water partition coefficient (Wildman–Crippen LogP) is 2.54. The van der Waals surface area contributed by atoms with E-state index >= 15 is 0 Å².